The van der Waals surface area contributed by atoms with Gasteiger partial charge in [-0.25, -0.2) is 8.42 Å². The zero-order chi connectivity index (χ0) is 16.0. The van der Waals surface area contributed by atoms with Crippen molar-refractivity contribution in [3.05, 3.63) is 12.4 Å². The number of fused-ring (bicyclic) bond motifs is 4. The quantitative estimate of drug-likeness (QED) is 0.814. The van der Waals surface area contributed by atoms with Crippen LogP contribution < -0.4 is 0 Å². The van der Waals surface area contributed by atoms with E-state index in [0.717, 1.165) is 25.3 Å². The van der Waals surface area contributed by atoms with Crippen LogP contribution in [-0.2, 0) is 16.6 Å². The number of hydrogen-bond acceptors (Lipinski definition) is 4. The molecule has 4 heterocycles. The van der Waals surface area contributed by atoms with Crippen LogP contribution in [0.2, 0.25) is 0 Å². The van der Waals surface area contributed by atoms with Gasteiger partial charge in [-0.1, -0.05) is 0 Å². The molecule has 2 bridgehead atoms. The third-order valence-corrected chi connectivity index (χ3v) is 7.34. The lowest BCUT2D eigenvalue weighted by Gasteiger charge is -2.36. The molecule has 3 aliphatic heterocycles. The van der Waals surface area contributed by atoms with Crippen molar-refractivity contribution in [2.24, 2.45) is 11.8 Å². The van der Waals surface area contributed by atoms with Gasteiger partial charge < -0.3 is 0 Å². The average Bonchev–Trinajstić information content (AvgIpc) is 3.28. The molecule has 23 heavy (non-hydrogen) atoms. The molecule has 1 aromatic rings. The smallest absolute Gasteiger partial charge is 0.246 e. The zero-order valence-electron chi connectivity index (χ0n) is 13.8. The molecule has 0 radical (unpaired) electrons. The van der Waals surface area contributed by atoms with Crippen molar-refractivity contribution >= 4 is 10.0 Å². The standard InChI is InChI=1S/C16H26N4O2S/c1-2-19-12-16(7-17-19)23(21,22)20-10-14-5-6-15(11-20)18(9-14)8-13-3-4-13/h7,12-15H,2-6,8-11H2,1H3/t14-,15-/m0/s1. The lowest BCUT2D eigenvalue weighted by molar-refractivity contribution is 0.127. The summed E-state index contributed by atoms with van der Waals surface area (Å²) in [6.45, 7) is 6.20. The number of aromatic nitrogens is 2. The summed E-state index contributed by atoms with van der Waals surface area (Å²) in [5, 5.41) is 4.14. The Hall–Kier alpha value is -0.920. The SMILES string of the molecule is CCn1cc(S(=O)(=O)N2C[C@H]3CC[C@@H](C2)N(CC2CC2)C3)cn1. The van der Waals surface area contributed by atoms with Crippen LogP contribution in [-0.4, -0.2) is 59.6 Å². The summed E-state index contributed by atoms with van der Waals surface area (Å²) in [5.41, 5.74) is 0. The molecule has 0 unspecified atom stereocenters. The van der Waals surface area contributed by atoms with Crippen LogP contribution in [0.1, 0.15) is 32.6 Å². The lowest BCUT2D eigenvalue weighted by atomic mass is 9.95. The molecule has 5 rings (SSSR count). The molecule has 0 amide bonds. The van der Waals surface area contributed by atoms with E-state index in [1.165, 1.54) is 25.6 Å². The summed E-state index contributed by atoms with van der Waals surface area (Å²) in [4.78, 5) is 2.91. The Kier molecular flexibility index (Phi) is 3.98. The van der Waals surface area contributed by atoms with E-state index >= 15 is 0 Å². The van der Waals surface area contributed by atoms with Crippen LogP contribution >= 0.6 is 0 Å². The first-order valence-electron chi connectivity index (χ1n) is 8.83. The molecule has 0 aromatic carbocycles. The molecule has 3 saturated heterocycles. The predicted molar refractivity (Wildman–Crippen MR) is 87.5 cm³/mol. The second-order valence-corrected chi connectivity index (χ2v) is 9.29. The summed E-state index contributed by atoms with van der Waals surface area (Å²) in [6.07, 6.45) is 8.15. The van der Waals surface area contributed by atoms with E-state index in [-0.39, 0.29) is 0 Å². The molecule has 6 nitrogen and oxygen atoms in total. The summed E-state index contributed by atoms with van der Waals surface area (Å²) in [5.74, 6) is 1.34. The predicted octanol–water partition coefficient (Wildman–Crippen LogP) is 1.40. The highest BCUT2D eigenvalue weighted by Crippen LogP contribution is 2.35. The first-order chi connectivity index (χ1) is 11.1. The van der Waals surface area contributed by atoms with Crippen LogP contribution in [0.5, 0.6) is 0 Å². The Labute approximate surface area is 138 Å². The van der Waals surface area contributed by atoms with Gasteiger partial charge in [0.05, 0.1) is 6.20 Å². The minimum Gasteiger partial charge on any atom is -0.298 e. The van der Waals surface area contributed by atoms with Gasteiger partial charge in [-0.05, 0) is 44.4 Å². The fraction of sp³-hybridized carbons (Fsp3) is 0.812. The van der Waals surface area contributed by atoms with Crippen LogP contribution in [0, 0.1) is 11.8 Å². The second-order valence-electron chi connectivity index (χ2n) is 7.35. The first-order valence-corrected chi connectivity index (χ1v) is 10.3. The van der Waals surface area contributed by atoms with Gasteiger partial charge in [-0.2, -0.15) is 9.40 Å². The molecular formula is C16H26N4O2S. The van der Waals surface area contributed by atoms with E-state index in [1.807, 2.05) is 6.92 Å². The lowest BCUT2D eigenvalue weighted by Crippen LogP contribution is -2.45. The second kappa shape index (κ2) is 5.86. The van der Waals surface area contributed by atoms with Gasteiger partial charge in [0.2, 0.25) is 10.0 Å². The number of nitrogens with zero attached hydrogens (tertiary/aromatic N) is 4. The number of rotatable bonds is 5. The molecular weight excluding hydrogens is 312 g/mol. The van der Waals surface area contributed by atoms with E-state index < -0.39 is 10.0 Å². The molecule has 1 saturated carbocycles. The van der Waals surface area contributed by atoms with Crippen LogP contribution in [0.15, 0.2) is 17.3 Å². The Morgan fingerprint density at radius 1 is 1.17 bits per heavy atom. The van der Waals surface area contributed by atoms with Gasteiger partial charge in [0.15, 0.2) is 0 Å². The van der Waals surface area contributed by atoms with Crippen LogP contribution in [0.4, 0.5) is 0 Å². The van der Waals surface area contributed by atoms with E-state index in [1.54, 1.807) is 15.2 Å². The maximum absolute atomic E-state index is 13.0. The highest BCUT2D eigenvalue weighted by Gasteiger charge is 2.41. The number of piperidine rings is 1. The molecule has 2 atom stereocenters. The van der Waals surface area contributed by atoms with Gasteiger partial charge in [0.25, 0.3) is 0 Å². The van der Waals surface area contributed by atoms with Crippen LogP contribution in [0.3, 0.4) is 0 Å². The fourth-order valence-corrected chi connectivity index (χ4v) is 5.50. The van der Waals surface area contributed by atoms with Crippen LogP contribution in [0.25, 0.3) is 0 Å². The topological polar surface area (TPSA) is 58.4 Å². The number of aryl methyl sites for hydroxylation is 1. The minimum atomic E-state index is -3.41. The molecule has 0 N–H and O–H groups in total. The van der Waals surface area contributed by atoms with Gasteiger partial charge in [-0.15, -0.1) is 0 Å². The van der Waals surface area contributed by atoms with Gasteiger partial charge in [-0.3, -0.25) is 9.58 Å². The van der Waals surface area contributed by atoms with E-state index in [4.69, 9.17) is 0 Å². The third kappa shape index (κ3) is 3.06. The summed E-state index contributed by atoms with van der Waals surface area (Å²) in [6, 6.07) is 0.394. The van der Waals surface area contributed by atoms with Crippen molar-refractivity contribution in [3.8, 4) is 0 Å². The molecule has 1 aliphatic carbocycles. The fourth-order valence-electron chi connectivity index (χ4n) is 3.99. The maximum atomic E-state index is 13.0. The van der Waals surface area contributed by atoms with Gasteiger partial charge in [0, 0.05) is 45.0 Å². The molecule has 0 spiro atoms. The Bertz CT molecular complexity index is 667. The molecule has 4 aliphatic rings. The van der Waals surface area contributed by atoms with E-state index in [9.17, 15) is 8.42 Å². The van der Waals surface area contributed by atoms with Crippen molar-refractivity contribution in [3.63, 3.8) is 0 Å². The number of sulfonamides is 1. The summed E-state index contributed by atoms with van der Waals surface area (Å²) in [7, 11) is -3.41. The van der Waals surface area contributed by atoms with Gasteiger partial charge >= 0.3 is 0 Å². The summed E-state index contributed by atoms with van der Waals surface area (Å²) < 4.78 is 29.4. The van der Waals surface area contributed by atoms with E-state index in [2.05, 4.69) is 10.00 Å². The third-order valence-electron chi connectivity index (χ3n) is 5.55. The molecule has 128 valence electrons. The Balaban J connectivity index is 1.54. The molecule has 7 heteroatoms. The Morgan fingerprint density at radius 2 is 2.00 bits per heavy atom. The number of hydrogen-bond donors (Lipinski definition) is 0. The first kappa shape index (κ1) is 15.6. The van der Waals surface area contributed by atoms with Crippen molar-refractivity contribution in [2.75, 3.05) is 26.2 Å². The maximum Gasteiger partial charge on any atom is 0.246 e. The Morgan fingerprint density at radius 3 is 2.70 bits per heavy atom. The van der Waals surface area contributed by atoms with E-state index in [0.29, 0.717) is 36.5 Å². The monoisotopic (exact) mass is 338 g/mol. The van der Waals surface area contributed by atoms with Crippen molar-refractivity contribution in [1.82, 2.24) is 19.0 Å². The average molecular weight is 338 g/mol. The highest BCUT2D eigenvalue weighted by atomic mass is 32.2. The summed E-state index contributed by atoms with van der Waals surface area (Å²) >= 11 is 0. The normalized spacial score (nSPS) is 29.8. The largest absolute Gasteiger partial charge is 0.298 e. The highest BCUT2D eigenvalue weighted by molar-refractivity contribution is 7.89. The molecule has 1 aromatic heterocycles. The van der Waals surface area contributed by atoms with Crippen molar-refractivity contribution < 1.29 is 8.42 Å². The van der Waals surface area contributed by atoms with Crippen molar-refractivity contribution in [2.45, 2.75) is 50.1 Å². The van der Waals surface area contributed by atoms with Crippen molar-refractivity contribution in [1.29, 1.82) is 0 Å². The zero-order valence-corrected chi connectivity index (χ0v) is 14.6. The molecule has 4 fully saturated rings. The van der Waals surface area contributed by atoms with Gasteiger partial charge in [0.1, 0.15) is 4.90 Å². The minimum absolute atomic E-state index is 0.342.